The maximum atomic E-state index is 12.1. The molecule has 1 heterocycles. The van der Waals surface area contributed by atoms with Crippen LogP contribution in [0.2, 0.25) is 0 Å². The number of carbonyl (C=O) groups is 2. The molecule has 1 aliphatic rings. The quantitative estimate of drug-likeness (QED) is 0.528. The summed E-state index contributed by atoms with van der Waals surface area (Å²) in [7, 11) is 1.57. The molecule has 0 bridgehead atoms. The van der Waals surface area contributed by atoms with E-state index in [1.807, 2.05) is 19.9 Å². The Labute approximate surface area is 194 Å². The molecule has 8 nitrogen and oxygen atoms in total. The van der Waals surface area contributed by atoms with Crippen LogP contribution in [0.3, 0.4) is 0 Å². The smallest absolute Gasteiger partial charge is 0.244 e. The number of aryl methyl sites for hydroxylation is 2. The highest BCUT2D eigenvalue weighted by molar-refractivity contribution is 5.92. The summed E-state index contributed by atoms with van der Waals surface area (Å²) >= 11 is 0. The third-order valence-electron chi connectivity index (χ3n) is 5.79. The Hall–Kier alpha value is -3.29. The SMILES string of the molecule is COc1cc(/C=C/C(=O)NCCC(=O)NC2CCCCC2)ccc1OCc1c(C)noc1C. The normalized spacial score (nSPS) is 14.3. The van der Waals surface area contributed by atoms with Crippen LogP contribution in [0.25, 0.3) is 6.08 Å². The van der Waals surface area contributed by atoms with Crippen molar-refractivity contribution in [3.63, 3.8) is 0 Å². The van der Waals surface area contributed by atoms with Crippen LogP contribution in [0, 0.1) is 13.8 Å². The maximum absolute atomic E-state index is 12.1. The van der Waals surface area contributed by atoms with Gasteiger partial charge in [-0.2, -0.15) is 0 Å². The van der Waals surface area contributed by atoms with Gasteiger partial charge in [0.2, 0.25) is 11.8 Å². The van der Waals surface area contributed by atoms with E-state index in [1.54, 1.807) is 25.3 Å². The van der Waals surface area contributed by atoms with Crippen molar-refractivity contribution in [2.24, 2.45) is 0 Å². The van der Waals surface area contributed by atoms with Crippen LogP contribution in [0.4, 0.5) is 0 Å². The van der Waals surface area contributed by atoms with Crippen molar-refractivity contribution >= 4 is 17.9 Å². The van der Waals surface area contributed by atoms with E-state index in [1.165, 1.54) is 25.3 Å². The lowest BCUT2D eigenvalue weighted by Crippen LogP contribution is -2.38. The number of hydrogen-bond acceptors (Lipinski definition) is 6. The number of nitrogens with one attached hydrogen (secondary N) is 2. The zero-order chi connectivity index (χ0) is 23.6. The first kappa shape index (κ1) is 24.4. The molecule has 0 aliphatic heterocycles. The Balaban J connectivity index is 1.45. The van der Waals surface area contributed by atoms with Gasteiger partial charge in [0.1, 0.15) is 12.4 Å². The summed E-state index contributed by atoms with van der Waals surface area (Å²) in [6, 6.07) is 5.72. The zero-order valence-electron chi connectivity index (χ0n) is 19.6. The molecule has 1 aromatic heterocycles. The Bertz CT molecular complexity index is 957. The van der Waals surface area contributed by atoms with Crippen LogP contribution in [0.15, 0.2) is 28.8 Å². The van der Waals surface area contributed by atoms with Crippen molar-refractivity contribution in [1.29, 1.82) is 0 Å². The standard InChI is InChI=1S/C25H33N3O5/c1-17-21(18(2)33-28-17)16-32-22-11-9-19(15-23(22)31-3)10-12-24(29)26-14-13-25(30)27-20-7-5-4-6-8-20/h9-12,15,20H,4-8,13-14,16H2,1-3H3,(H,26,29)(H,27,30)/b12-10+. The van der Waals surface area contributed by atoms with E-state index in [9.17, 15) is 9.59 Å². The van der Waals surface area contributed by atoms with Crippen molar-refractivity contribution < 1.29 is 23.6 Å². The van der Waals surface area contributed by atoms with Gasteiger partial charge in [0.15, 0.2) is 11.5 Å². The molecule has 2 aromatic rings. The molecule has 2 N–H and O–H groups in total. The van der Waals surface area contributed by atoms with Crippen LogP contribution < -0.4 is 20.1 Å². The van der Waals surface area contributed by atoms with Crippen LogP contribution in [0.1, 0.15) is 61.1 Å². The van der Waals surface area contributed by atoms with Gasteiger partial charge in [-0.05, 0) is 50.5 Å². The number of benzene rings is 1. The first-order valence-electron chi connectivity index (χ1n) is 11.4. The van der Waals surface area contributed by atoms with E-state index >= 15 is 0 Å². The lowest BCUT2D eigenvalue weighted by atomic mass is 9.95. The van der Waals surface area contributed by atoms with Gasteiger partial charge in [-0.1, -0.05) is 30.5 Å². The fourth-order valence-corrected chi connectivity index (χ4v) is 3.84. The number of ether oxygens (including phenoxy) is 2. The highest BCUT2D eigenvalue weighted by atomic mass is 16.5. The Morgan fingerprint density at radius 3 is 2.67 bits per heavy atom. The lowest BCUT2D eigenvalue weighted by molar-refractivity contribution is -0.122. The molecule has 0 spiro atoms. The van der Waals surface area contributed by atoms with Crippen molar-refractivity contribution in [2.45, 2.75) is 65.0 Å². The molecule has 33 heavy (non-hydrogen) atoms. The van der Waals surface area contributed by atoms with Crippen LogP contribution in [-0.2, 0) is 16.2 Å². The van der Waals surface area contributed by atoms with Crippen LogP contribution in [0.5, 0.6) is 11.5 Å². The average Bonchev–Trinajstić information content (AvgIpc) is 3.14. The second-order valence-corrected chi connectivity index (χ2v) is 8.28. The van der Waals surface area contributed by atoms with E-state index < -0.39 is 0 Å². The monoisotopic (exact) mass is 455 g/mol. The fraction of sp³-hybridized carbons (Fsp3) is 0.480. The second kappa shape index (κ2) is 12.1. The van der Waals surface area contributed by atoms with E-state index in [0.29, 0.717) is 24.7 Å². The first-order chi connectivity index (χ1) is 16.0. The summed E-state index contributed by atoms with van der Waals surface area (Å²) in [5, 5.41) is 9.73. The third kappa shape index (κ3) is 7.37. The predicted molar refractivity (Wildman–Crippen MR) is 125 cm³/mol. The summed E-state index contributed by atoms with van der Waals surface area (Å²) in [4.78, 5) is 24.1. The molecule has 0 unspecified atom stereocenters. The summed E-state index contributed by atoms with van der Waals surface area (Å²) in [5.41, 5.74) is 2.50. The minimum Gasteiger partial charge on any atom is -0.493 e. The molecule has 1 aliphatic carbocycles. The minimum absolute atomic E-state index is 0.0110. The molecule has 0 radical (unpaired) electrons. The van der Waals surface area contributed by atoms with Gasteiger partial charge in [0.05, 0.1) is 18.4 Å². The van der Waals surface area contributed by atoms with Gasteiger partial charge in [0, 0.05) is 25.1 Å². The molecule has 1 fully saturated rings. The largest absolute Gasteiger partial charge is 0.493 e. The highest BCUT2D eigenvalue weighted by Crippen LogP contribution is 2.30. The fourth-order valence-electron chi connectivity index (χ4n) is 3.84. The van der Waals surface area contributed by atoms with Crippen molar-refractivity contribution in [3.8, 4) is 11.5 Å². The van der Waals surface area contributed by atoms with Gasteiger partial charge in [-0.25, -0.2) is 0 Å². The topological polar surface area (TPSA) is 103 Å². The molecular formula is C25H33N3O5. The number of methoxy groups -OCH3 is 1. The highest BCUT2D eigenvalue weighted by Gasteiger charge is 2.15. The predicted octanol–water partition coefficient (Wildman–Crippen LogP) is 3.85. The van der Waals surface area contributed by atoms with Gasteiger partial charge >= 0.3 is 0 Å². The number of nitrogens with zero attached hydrogens (tertiary/aromatic N) is 1. The molecule has 0 saturated heterocycles. The number of carbonyl (C=O) groups excluding carboxylic acids is 2. The van der Waals surface area contributed by atoms with Crippen molar-refractivity contribution in [2.75, 3.05) is 13.7 Å². The van der Waals surface area contributed by atoms with E-state index in [2.05, 4.69) is 15.8 Å². The van der Waals surface area contributed by atoms with Gasteiger partial charge in [0.25, 0.3) is 0 Å². The molecular weight excluding hydrogens is 422 g/mol. The van der Waals surface area contributed by atoms with E-state index in [0.717, 1.165) is 35.4 Å². The molecule has 2 amide bonds. The number of aromatic nitrogens is 1. The van der Waals surface area contributed by atoms with Gasteiger partial charge < -0.3 is 24.6 Å². The van der Waals surface area contributed by atoms with Crippen LogP contribution in [-0.4, -0.2) is 36.7 Å². The molecule has 1 aromatic carbocycles. The third-order valence-corrected chi connectivity index (χ3v) is 5.79. The minimum atomic E-state index is -0.252. The maximum Gasteiger partial charge on any atom is 0.244 e. The lowest BCUT2D eigenvalue weighted by Gasteiger charge is -2.22. The van der Waals surface area contributed by atoms with Crippen molar-refractivity contribution in [1.82, 2.24) is 15.8 Å². The molecule has 1 saturated carbocycles. The van der Waals surface area contributed by atoms with E-state index in [4.69, 9.17) is 14.0 Å². The number of amides is 2. The average molecular weight is 456 g/mol. The Morgan fingerprint density at radius 1 is 1.18 bits per heavy atom. The summed E-state index contributed by atoms with van der Waals surface area (Å²) in [5.74, 6) is 1.61. The molecule has 178 valence electrons. The van der Waals surface area contributed by atoms with Gasteiger partial charge in [-0.15, -0.1) is 0 Å². The molecule has 8 heteroatoms. The number of rotatable bonds is 10. The number of hydrogen-bond donors (Lipinski definition) is 2. The van der Waals surface area contributed by atoms with E-state index in [-0.39, 0.29) is 24.3 Å². The Morgan fingerprint density at radius 2 is 1.97 bits per heavy atom. The summed E-state index contributed by atoms with van der Waals surface area (Å²) in [6.07, 6.45) is 9.11. The first-order valence-corrected chi connectivity index (χ1v) is 11.4. The second-order valence-electron chi connectivity index (χ2n) is 8.28. The zero-order valence-corrected chi connectivity index (χ0v) is 19.6. The summed E-state index contributed by atoms with van der Waals surface area (Å²) < 4.78 is 16.5. The Kier molecular flexibility index (Phi) is 8.92. The summed E-state index contributed by atoms with van der Waals surface area (Å²) in [6.45, 7) is 4.34. The van der Waals surface area contributed by atoms with Crippen molar-refractivity contribution in [3.05, 3.63) is 46.9 Å². The molecule has 0 atom stereocenters. The van der Waals surface area contributed by atoms with Crippen LogP contribution >= 0.6 is 0 Å². The van der Waals surface area contributed by atoms with Gasteiger partial charge in [-0.3, -0.25) is 9.59 Å². The molecule has 3 rings (SSSR count).